The Balaban J connectivity index is 1.57. The molecule has 0 aliphatic carbocycles. The maximum Gasteiger partial charge on any atom is 0.241 e. The summed E-state index contributed by atoms with van der Waals surface area (Å²) in [5.41, 5.74) is 1.08. The molecule has 3 rings (SSSR count). The molecule has 7 heteroatoms. The predicted molar refractivity (Wildman–Crippen MR) is 101 cm³/mol. The Labute approximate surface area is 157 Å². The number of nitrogens with one attached hydrogen (secondary N) is 2. The number of hydrogen-bond acceptors (Lipinski definition) is 4. The van der Waals surface area contributed by atoms with Crippen molar-refractivity contribution in [3.8, 4) is 5.75 Å². The molecule has 1 saturated heterocycles. The molecule has 27 heavy (non-hydrogen) atoms. The van der Waals surface area contributed by atoms with Gasteiger partial charge in [0.2, 0.25) is 11.8 Å². The highest BCUT2D eigenvalue weighted by atomic mass is 19.1. The van der Waals surface area contributed by atoms with Crippen LogP contribution in [0, 0.1) is 5.82 Å². The fourth-order valence-corrected chi connectivity index (χ4v) is 3.16. The Bertz CT molecular complexity index is 810. The van der Waals surface area contributed by atoms with E-state index in [4.69, 9.17) is 4.74 Å². The van der Waals surface area contributed by atoms with Crippen molar-refractivity contribution in [3.05, 3.63) is 54.3 Å². The van der Waals surface area contributed by atoms with Crippen molar-refractivity contribution in [2.75, 3.05) is 30.8 Å². The second-order valence-electron chi connectivity index (χ2n) is 6.40. The van der Waals surface area contributed by atoms with Gasteiger partial charge in [0, 0.05) is 11.4 Å². The summed E-state index contributed by atoms with van der Waals surface area (Å²) < 4.78 is 18.3. The van der Waals surface area contributed by atoms with Crippen LogP contribution in [0.4, 0.5) is 15.8 Å². The highest BCUT2D eigenvalue weighted by molar-refractivity contribution is 5.96. The molecule has 1 heterocycles. The van der Waals surface area contributed by atoms with E-state index in [0.717, 1.165) is 6.42 Å². The van der Waals surface area contributed by atoms with Gasteiger partial charge in [-0.05, 0) is 61.9 Å². The standard InChI is InChI=1S/C20H22FN3O3/c1-27-17-9-7-15(8-10-17)23-20(26)18-6-3-11-24(18)13-19(25)22-16-5-2-4-14(21)12-16/h2,4-5,7-10,12,18H,3,6,11,13H2,1H3,(H,22,25)(H,23,26)/t18-/m1/s1. The number of likely N-dealkylation sites (tertiary alicyclic amines) is 1. The number of anilines is 2. The van der Waals surface area contributed by atoms with Crippen LogP contribution in [0.2, 0.25) is 0 Å². The number of amides is 2. The Kier molecular flexibility index (Phi) is 6.03. The largest absolute Gasteiger partial charge is 0.497 e. The van der Waals surface area contributed by atoms with E-state index >= 15 is 0 Å². The van der Waals surface area contributed by atoms with Crippen molar-refractivity contribution < 1.29 is 18.7 Å². The van der Waals surface area contributed by atoms with E-state index in [0.29, 0.717) is 30.1 Å². The lowest BCUT2D eigenvalue weighted by Crippen LogP contribution is -2.43. The minimum atomic E-state index is -0.411. The number of hydrogen-bond donors (Lipinski definition) is 2. The first-order valence-electron chi connectivity index (χ1n) is 8.79. The van der Waals surface area contributed by atoms with Crippen molar-refractivity contribution in [1.82, 2.24) is 4.90 Å². The van der Waals surface area contributed by atoms with Crippen LogP contribution in [0.15, 0.2) is 48.5 Å². The van der Waals surface area contributed by atoms with Crippen LogP contribution in [0.5, 0.6) is 5.75 Å². The summed E-state index contributed by atoms with van der Waals surface area (Å²) in [5.74, 6) is -0.115. The molecular formula is C20H22FN3O3. The third kappa shape index (κ3) is 5.04. The van der Waals surface area contributed by atoms with Gasteiger partial charge in [0.1, 0.15) is 11.6 Å². The van der Waals surface area contributed by atoms with E-state index in [1.165, 1.54) is 18.2 Å². The maximum atomic E-state index is 13.2. The second kappa shape index (κ2) is 8.64. The number of halogens is 1. The zero-order valence-corrected chi connectivity index (χ0v) is 15.1. The molecule has 0 unspecified atom stereocenters. The third-order valence-electron chi connectivity index (χ3n) is 4.48. The normalized spacial score (nSPS) is 16.7. The molecule has 2 N–H and O–H groups in total. The van der Waals surface area contributed by atoms with Crippen molar-refractivity contribution in [2.45, 2.75) is 18.9 Å². The Morgan fingerprint density at radius 2 is 1.93 bits per heavy atom. The lowest BCUT2D eigenvalue weighted by molar-refractivity contribution is -0.122. The highest BCUT2D eigenvalue weighted by Gasteiger charge is 2.31. The number of carbonyl (C=O) groups is 2. The van der Waals surface area contributed by atoms with Crippen molar-refractivity contribution >= 4 is 23.2 Å². The van der Waals surface area contributed by atoms with E-state index in [1.54, 1.807) is 37.4 Å². The fourth-order valence-electron chi connectivity index (χ4n) is 3.16. The monoisotopic (exact) mass is 371 g/mol. The predicted octanol–water partition coefficient (Wildman–Crippen LogP) is 2.88. The number of ether oxygens (including phenoxy) is 1. The topological polar surface area (TPSA) is 70.7 Å². The van der Waals surface area contributed by atoms with Crippen LogP contribution >= 0.6 is 0 Å². The van der Waals surface area contributed by atoms with Crippen LogP contribution in [0.1, 0.15) is 12.8 Å². The van der Waals surface area contributed by atoms with Gasteiger partial charge in [0.25, 0.3) is 0 Å². The van der Waals surface area contributed by atoms with Gasteiger partial charge >= 0.3 is 0 Å². The van der Waals surface area contributed by atoms with Crippen LogP contribution in [0.3, 0.4) is 0 Å². The molecule has 2 aromatic carbocycles. The zero-order valence-electron chi connectivity index (χ0n) is 15.1. The molecule has 1 fully saturated rings. The number of rotatable bonds is 6. The van der Waals surface area contributed by atoms with Crippen molar-refractivity contribution in [1.29, 1.82) is 0 Å². The van der Waals surface area contributed by atoms with E-state index in [-0.39, 0.29) is 24.4 Å². The molecule has 0 spiro atoms. The van der Waals surface area contributed by atoms with Gasteiger partial charge in [-0.15, -0.1) is 0 Å². The minimum Gasteiger partial charge on any atom is -0.497 e. The minimum absolute atomic E-state index is 0.0806. The summed E-state index contributed by atoms with van der Waals surface area (Å²) >= 11 is 0. The third-order valence-corrected chi connectivity index (χ3v) is 4.48. The average molecular weight is 371 g/mol. The SMILES string of the molecule is COc1ccc(NC(=O)[C@H]2CCCN2CC(=O)Nc2cccc(F)c2)cc1. The summed E-state index contributed by atoms with van der Waals surface area (Å²) in [6.07, 6.45) is 1.53. The number of carbonyl (C=O) groups excluding carboxylic acids is 2. The maximum absolute atomic E-state index is 13.2. The first-order chi connectivity index (χ1) is 13.0. The Morgan fingerprint density at radius 1 is 1.15 bits per heavy atom. The van der Waals surface area contributed by atoms with E-state index in [2.05, 4.69) is 10.6 Å². The first kappa shape index (κ1) is 18.8. The van der Waals surface area contributed by atoms with Crippen molar-refractivity contribution in [3.63, 3.8) is 0 Å². The highest BCUT2D eigenvalue weighted by Crippen LogP contribution is 2.21. The smallest absolute Gasteiger partial charge is 0.241 e. The van der Waals surface area contributed by atoms with Crippen LogP contribution in [0.25, 0.3) is 0 Å². The van der Waals surface area contributed by atoms with Crippen molar-refractivity contribution in [2.24, 2.45) is 0 Å². The van der Waals surface area contributed by atoms with Gasteiger partial charge in [-0.1, -0.05) is 6.07 Å². The van der Waals surface area contributed by atoms with Gasteiger partial charge in [-0.2, -0.15) is 0 Å². The van der Waals surface area contributed by atoms with Crippen LogP contribution in [-0.2, 0) is 9.59 Å². The van der Waals surface area contributed by atoms with E-state index in [9.17, 15) is 14.0 Å². The molecule has 1 aliphatic rings. The van der Waals surface area contributed by atoms with Crippen LogP contribution in [-0.4, -0.2) is 43.0 Å². The summed E-state index contributed by atoms with van der Waals surface area (Å²) in [7, 11) is 1.58. The number of methoxy groups -OCH3 is 1. The summed E-state index contributed by atoms with van der Waals surface area (Å²) in [6, 6.07) is 12.4. The molecule has 2 aromatic rings. The molecule has 0 radical (unpaired) electrons. The molecule has 0 aromatic heterocycles. The number of benzene rings is 2. The quantitative estimate of drug-likeness (QED) is 0.819. The molecule has 1 aliphatic heterocycles. The Morgan fingerprint density at radius 3 is 2.63 bits per heavy atom. The van der Waals surface area contributed by atoms with Gasteiger partial charge in [0.15, 0.2) is 0 Å². The molecule has 142 valence electrons. The molecule has 2 amide bonds. The average Bonchev–Trinajstić information content (AvgIpc) is 3.10. The molecular weight excluding hydrogens is 349 g/mol. The molecule has 0 bridgehead atoms. The first-order valence-corrected chi connectivity index (χ1v) is 8.79. The lowest BCUT2D eigenvalue weighted by atomic mass is 10.2. The van der Waals surface area contributed by atoms with E-state index in [1.807, 2.05) is 4.90 Å². The molecule has 0 saturated carbocycles. The van der Waals surface area contributed by atoms with Gasteiger partial charge in [-0.3, -0.25) is 14.5 Å². The lowest BCUT2D eigenvalue weighted by Gasteiger charge is -2.23. The van der Waals surface area contributed by atoms with Gasteiger partial charge in [0.05, 0.1) is 19.7 Å². The molecule has 6 nitrogen and oxygen atoms in total. The van der Waals surface area contributed by atoms with Gasteiger partial charge < -0.3 is 15.4 Å². The van der Waals surface area contributed by atoms with Crippen LogP contribution < -0.4 is 15.4 Å². The zero-order chi connectivity index (χ0) is 19.2. The second-order valence-corrected chi connectivity index (χ2v) is 6.40. The summed E-state index contributed by atoms with van der Waals surface area (Å²) in [4.78, 5) is 26.7. The fraction of sp³-hybridized carbons (Fsp3) is 0.300. The summed E-state index contributed by atoms with van der Waals surface area (Å²) in [5, 5.41) is 5.54. The molecule has 1 atom stereocenters. The Hall–Kier alpha value is -2.93. The van der Waals surface area contributed by atoms with E-state index < -0.39 is 5.82 Å². The number of nitrogens with zero attached hydrogens (tertiary/aromatic N) is 1. The summed E-state index contributed by atoms with van der Waals surface area (Å²) in [6.45, 7) is 0.745. The van der Waals surface area contributed by atoms with Gasteiger partial charge in [-0.25, -0.2) is 4.39 Å².